The third-order valence-corrected chi connectivity index (χ3v) is 4.65. The summed E-state index contributed by atoms with van der Waals surface area (Å²) in [6, 6.07) is 7.61. The molecule has 24 heavy (non-hydrogen) atoms. The average Bonchev–Trinajstić information content (AvgIpc) is 3.16. The third kappa shape index (κ3) is 4.22. The highest BCUT2D eigenvalue weighted by Gasteiger charge is 2.44. The first-order valence-electron chi connectivity index (χ1n) is 7.24. The number of ether oxygens (including phenoxy) is 2. The van der Waals surface area contributed by atoms with E-state index < -0.39 is 22.0 Å². The summed E-state index contributed by atoms with van der Waals surface area (Å²) in [5, 5.41) is 0. The van der Waals surface area contributed by atoms with Gasteiger partial charge >= 0.3 is 0 Å². The number of hydrogen-bond donors (Lipinski definition) is 0. The van der Waals surface area contributed by atoms with Crippen molar-refractivity contribution in [2.75, 3.05) is 19.5 Å². The maximum Gasteiger partial charge on any atom is 0.264 e. The van der Waals surface area contributed by atoms with E-state index in [9.17, 15) is 8.42 Å². The van der Waals surface area contributed by atoms with Gasteiger partial charge in [-0.15, -0.1) is 0 Å². The van der Waals surface area contributed by atoms with Gasteiger partial charge in [-0.1, -0.05) is 28.1 Å². The summed E-state index contributed by atoms with van der Waals surface area (Å²) in [5.41, 5.74) is 0.834. The minimum atomic E-state index is -3.53. The first-order chi connectivity index (χ1) is 11.4. The minimum absolute atomic E-state index is 0.0823. The van der Waals surface area contributed by atoms with Gasteiger partial charge in [0.1, 0.15) is 6.10 Å². The first kappa shape index (κ1) is 17.6. The molecule has 130 valence electrons. The monoisotopic (exact) mass is 416 g/mol. The predicted molar refractivity (Wildman–Crippen MR) is 89.7 cm³/mol. The molecule has 7 nitrogen and oxygen atoms in total. The van der Waals surface area contributed by atoms with E-state index in [1.54, 1.807) is 12.5 Å². The van der Waals surface area contributed by atoms with E-state index in [4.69, 9.17) is 13.7 Å². The number of nitrogens with zero attached hydrogens (tertiary/aromatic N) is 2. The summed E-state index contributed by atoms with van der Waals surface area (Å²) >= 11 is 3.41. The second kappa shape index (κ2) is 6.93. The van der Waals surface area contributed by atoms with Gasteiger partial charge in [0, 0.05) is 22.4 Å². The van der Waals surface area contributed by atoms with Crippen molar-refractivity contribution >= 4 is 26.0 Å². The Bertz CT molecular complexity index is 779. The molecule has 0 bridgehead atoms. The fraction of sp³-hybridized carbons (Fsp3) is 0.400. The lowest BCUT2D eigenvalue weighted by atomic mass is 10.1. The molecule has 1 fully saturated rings. The van der Waals surface area contributed by atoms with Gasteiger partial charge in [-0.25, -0.2) is 4.98 Å². The zero-order valence-electron chi connectivity index (χ0n) is 13.0. The minimum Gasteiger partial charge on any atom is -0.342 e. The van der Waals surface area contributed by atoms with Crippen LogP contribution in [-0.4, -0.2) is 43.5 Å². The van der Waals surface area contributed by atoms with Crippen LogP contribution < -0.4 is 0 Å². The molecule has 2 heterocycles. The molecule has 0 saturated carbocycles. The summed E-state index contributed by atoms with van der Waals surface area (Å²) in [5.74, 6) is -1.02. The Morgan fingerprint density at radius 1 is 1.42 bits per heavy atom. The van der Waals surface area contributed by atoms with Crippen molar-refractivity contribution in [1.29, 1.82) is 0 Å². The predicted octanol–water partition coefficient (Wildman–Crippen LogP) is 1.89. The number of rotatable bonds is 6. The van der Waals surface area contributed by atoms with Gasteiger partial charge in [0.05, 0.1) is 32.3 Å². The molecule has 2 atom stereocenters. The lowest BCUT2D eigenvalue weighted by molar-refractivity contribution is -0.189. The topological polar surface area (TPSA) is 79.7 Å². The van der Waals surface area contributed by atoms with Gasteiger partial charge < -0.3 is 14.0 Å². The lowest BCUT2D eigenvalue weighted by Crippen LogP contribution is -2.34. The molecule has 1 aromatic carbocycles. The SMILES string of the molecule is CS(=O)(=O)OC[C@H]1CO[C@@](Cn2ccnc2)(c2ccc(Br)cc2)O1. The van der Waals surface area contributed by atoms with Crippen LogP contribution in [0.2, 0.25) is 0 Å². The van der Waals surface area contributed by atoms with E-state index in [0.717, 1.165) is 16.3 Å². The smallest absolute Gasteiger partial charge is 0.264 e. The van der Waals surface area contributed by atoms with Crippen molar-refractivity contribution < 1.29 is 22.1 Å². The Morgan fingerprint density at radius 3 is 2.79 bits per heavy atom. The Kier molecular flexibility index (Phi) is 5.07. The van der Waals surface area contributed by atoms with Crippen LogP contribution in [0.3, 0.4) is 0 Å². The van der Waals surface area contributed by atoms with Crippen LogP contribution in [0.15, 0.2) is 47.5 Å². The molecule has 1 aliphatic heterocycles. The summed E-state index contributed by atoms with van der Waals surface area (Å²) < 4.78 is 42.0. The first-order valence-corrected chi connectivity index (χ1v) is 9.85. The molecule has 1 saturated heterocycles. The number of hydrogen-bond acceptors (Lipinski definition) is 6. The van der Waals surface area contributed by atoms with Gasteiger partial charge in [0.25, 0.3) is 10.1 Å². The molecule has 9 heteroatoms. The molecular weight excluding hydrogens is 400 g/mol. The molecule has 2 aromatic rings. The number of aromatic nitrogens is 2. The van der Waals surface area contributed by atoms with Crippen LogP contribution in [0.5, 0.6) is 0 Å². The standard InChI is InChI=1S/C15H17BrN2O5S/c1-24(19,20)22-9-14-8-21-15(23-14,10-18-7-6-17-11-18)12-2-4-13(16)5-3-12/h2-7,11,14H,8-10H2,1H3/t14-,15-/m1/s1. The van der Waals surface area contributed by atoms with Crippen LogP contribution in [0.1, 0.15) is 5.56 Å². The van der Waals surface area contributed by atoms with E-state index in [1.807, 2.05) is 35.0 Å². The summed E-state index contributed by atoms with van der Waals surface area (Å²) in [4.78, 5) is 4.03. The van der Waals surface area contributed by atoms with Crippen molar-refractivity contribution in [2.24, 2.45) is 0 Å². The lowest BCUT2D eigenvalue weighted by Gasteiger charge is -2.29. The normalized spacial score (nSPS) is 24.3. The van der Waals surface area contributed by atoms with E-state index in [1.165, 1.54) is 0 Å². The third-order valence-electron chi connectivity index (χ3n) is 3.56. The Hall–Kier alpha value is -1.26. The summed E-state index contributed by atoms with van der Waals surface area (Å²) in [6.07, 6.45) is 5.69. The number of halogens is 1. The highest BCUT2D eigenvalue weighted by molar-refractivity contribution is 9.10. The molecule has 0 radical (unpaired) electrons. The highest BCUT2D eigenvalue weighted by atomic mass is 79.9. The molecule has 1 aliphatic rings. The van der Waals surface area contributed by atoms with Crippen molar-refractivity contribution in [2.45, 2.75) is 18.4 Å². The van der Waals surface area contributed by atoms with Crippen molar-refractivity contribution in [3.63, 3.8) is 0 Å². The molecule has 1 aromatic heterocycles. The molecule has 0 unspecified atom stereocenters. The Balaban J connectivity index is 1.82. The van der Waals surface area contributed by atoms with E-state index in [2.05, 4.69) is 20.9 Å². The summed E-state index contributed by atoms with van der Waals surface area (Å²) in [6.45, 7) is 0.547. The second-order valence-electron chi connectivity index (χ2n) is 5.53. The van der Waals surface area contributed by atoms with Gasteiger partial charge in [-0.3, -0.25) is 4.18 Å². The van der Waals surface area contributed by atoms with Crippen LogP contribution in [0.4, 0.5) is 0 Å². The molecular formula is C15H17BrN2O5S. The van der Waals surface area contributed by atoms with E-state index in [-0.39, 0.29) is 13.2 Å². The van der Waals surface area contributed by atoms with Gasteiger partial charge in [-0.05, 0) is 12.1 Å². The van der Waals surface area contributed by atoms with Crippen molar-refractivity contribution in [3.05, 3.63) is 53.0 Å². The zero-order chi connectivity index (χ0) is 17.2. The molecule has 0 spiro atoms. The van der Waals surface area contributed by atoms with E-state index >= 15 is 0 Å². The van der Waals surface area contributed by atoms with Gasteiger partial charge in [-0.2, -0.15) is 8.42 Å². The van der Waals surface area contributed by atoms with Gasteiger partial charge in [0.15, 0.2) is 0 Å². The van der Waals surface area contributed by atoms with Crippen LogP contribution in [0, 0.1) is 0 Å². The van der Waals surface area contributed by atoms with E-state index in [0.29, 0.717) is 6.54 Å². The maximum absolute atomic E-state index is 11.2. The zero-order valence-corrected chi connectivity index (χ0v) is 15.4. The van der Waals surface area contributed by atoms with Crippen molar-refractivity contribution in [1.82, 2.24) is 9.55 Å². The fourth-order valence-electron chi connectivity index (χ4n) is 2.50. The molecule has 3 rings (SSSR count). The van der Waals surface area contributed by atoms with Crippen LogP contribution >= 0.6 is 15.9 Å². The molecule has 0 N–H and O–H groups in total. The summed E-state index contributed by atoms with van der Waals surface area (Å²) in [7, 11) is -3.53. The second-order valence-corrected chi connectivity index (χ2v) is 8.09. The number of benzene rings is 1. The molecule has 0 aliphatic carbocycles. The Morgan fingerprint density at radius 2 is 2.17 bits per heavy atom. The van der Waals surface area contributed by atoms with Crippen LogP contribution in [-0.2, 0) is 36.1 Å². The van der Waals surface area contributed by atoms with Crippen LogP contribution in [0.25, 0.3) is 0 Å². The highest BCUT2D eigenvalue weighted by Crippen LogP contribution is 2.36. The average molecular weight is 417 g/mol. The fourth-order valence-corrected chi connectivity index (χ4v) is 3.16. The maximum atomic E-state index is 11.2. The largest absolute Gasteiger partial charge is 0.342 e. The Labute approximate surface area is 148 Å². The van der Waals surface area contributed by atoms with Crippen molar-refractivity contribution in [3.8, 4) is 0 Å². The van der Waals surface area contributed by atoms with Gasteiger partial charge in [0.2, 0.25) is 5.79 Å². The quantitative estimate of drug-likeness (QED) is 0.668. The molecule has 0 amide bonds. The number of imidazole rings is 1.